The molecule has 3 aromatic rings. The Morgan fingerprint density at radius 1 is 1.21 bits per heavy atom. The Hall–Kier alpha value is -3.03. The van der Waals surface area contributed by atoms with E-state index in [0.717, 1.165) is 0 Å². The van der Waals surface area contributed by atoms with E-state index in [0.29, 0.717) is 32.6 Å². The van der Waals surface area contributed by atoms with E-state index in [-0.39, 0.29) is 11.5 Å². The third-order valence-electron chi connectivity index (χ3n) is 3.54. The zero-order valence-electron chi connectivity index (χ0n) is 12.8. The molecule has 0 spiro atoms. The maximum absolute atomic E-state index is 12.6. The number of pyridine rings is 1. The maximum Gasteiger partial charge on any atom is 0.256 e. The minimum Gasteiger partial charge on any atom is -0.329 e. The van der Waals surface area contributed by atoms with Crippen molar-refractivity contribution in [3.8, 4) is 11.8 Å². The largest absolute Gasteiger partial charge is 0.329 e. The third-order valence-corrected chi connectivity index (χ3v) is 3.85. The summed E-state index contributed by atoms with van der Waals surface area (Å²) in [6.45, 7) is 1.71. The first-order valence-corrected chi connectivity index (χ1v) is 7.62. The molecule has 5 heteroatoms. The van der Waals surface area contributed by atoms with Crippen LogP contribution in [0.25, 0.3) is 10.8 Å². The van der Waals surface area contributed by atoms with Gasteiger partial charge in [0.05, 0.1) is 16.3 Å². The highest BCUT2D eigenvalue weighted by Crippen LogP contribution is 2.27. The molecule has 0 unspecified atom stereocenters. The van der Waals surface area contributed by atoms with Crippen LogP contribution in [0, 0.1) is 11.8 Å². The Bertz CT molecular complexity index is 1060. The standard InChI is InChI=1S/C19H13ClN2O2/c1-2-5-12-6-3-4-7-14(12)19(24)22-17-10-13-8-9-21-18(23)15(13)11-16(17)20/h3-4,6-11H,1H3,(H,21,23)(H,22,24). The van der Waals surface area contributed by atoms with E-state index in [1.54, 1.807) is 49.5 Å². The van der Waals surface area contributed by atoms with Crippen LogP contribution in [0.15, 0.2) is 53.5 Å². The lowest BCUT2D eigenvalue weighted by molar-refractivity contribution is 0.102. The average Bonchev–Trinajstić information content (AvgIpc) is 2.57. The lowest BCUT2D eigenvalue weighted by atomic mass is 10.1. The Balaban J connectivity index is 2.01. The Kier molecular flexibility index (Phi) is 4.37. The van der Waals surface area contributed by atoms with E-state index in [1.807, 2.05) is 6.07 Å². The van der Waals surface area contributed by atoms with Gasteiger partial charge in [-0.25, -0.2) is 0 Å². The van der Waals surface area contributed by atoms with Crippen molar-refractivity contribution in [2.75, 3.05) is 5.32 Å². The molecule has 0 aliphatic rings. The monoisotopic (exact) mass is 336 g/mol. The van der Waals surface area contributed by atoms with Crippen molar-refractivity contribution in [3.63, 3.8) is 0 Å². The van der Waals surface area contributed by atoms with Gasteiger partial charge in [-0.3, -0.25) is 9.59 Å². The fourth-order valence-corrected chi connectivity index (χ4v) is 2.63. The number of rotatable bonds is 2. The van der Waals surface area contributed by atoms with Gasteiger partial charge in [0.25, 0.3) is 11.5 Å². The van der Waals surface area contributed by atoms with Crippen molar-refractivity contribution in [1.29, 1.82) is 0 Å². The van der Waals surface area contributed by atoms with Crippen LogP contribution in [0.1, 0.15) is 22.8 Å². The highest BCUT2D eigenvalue weighted by molar-refractivity contribution is 6.34. The first-order chi connectivity index (χ1) is 11.6. The topological polar surface area (TPSA) is 62.0 Å². The molecule has 1 heterocycles. The molecular formula is C19H13ClN2O2. The van der Waals surface area contributed by atoms with Crippen molar-refractivity contribution in [2.24, 2.45) is 0 Å². The van der Waals surface area contributed by atoms with Crippen molar-refractivity contribution < 1.29 is 4.79 Å². The normalized spacial score (nSPS) is 10.1. The van der Waals surface area contributed by atoms with Crippen LogP contribution < -0.4 is 10.9 Å². The maximum atomic E-state index is 12.6. The summed E-state index contributed by atoms with van der Waals surface area (Å²) >= 11 is 6.21. The van der Waals surface area contributed by atoms with Gasteiger partial charge < -0.3 is 10.3 Å². The second-order valence-corrected chi connectivity index (χ2v) is 5.51. The van der Waals surface area contributed by atoms with E-state index < -0.39 is 0 Å². The van der Waals surface area contributed by atoms with E-state index in [9.17, 15) is 9.59 Å². The van der Waals surface area contributed by atoms with Gasteiger partial charge in [0, 0.05) is 17.1 Å². The smallest absolute Gasteiger partial charge is 0.256 e. The molecule has 1 aromatic heterocycles. The SMILES string of the molecule is CC#Cc1ccccc1C(=O)Nc1cc2cc[nH]c(=O)c2cc1Cl. The van der Waals surface area contributed by atoms with Gasteiger partial charge in [-0.1, -0.05) is 29.7 Å². The number of nitrogens with one attached hydrogen (secondary N) is 2. The number of anilines is 1. The predicted molar refractivity (Wildman–Crippen MR) is 96.5 cm³/mol. The molecule has 3 rings (SSSR count). The molecule has 0 aliphatic carbocycles. The van der Waals surface area contributed by atoms with Crippen LogP contribution in [0.5, 0.6) is 0 Å². The van der Waals surface area contributed by atoms with E-state index in [1.165, 1.54) is 0 Å². The summed E-state index contributed by atoms with van der Waals surface area (Å²) in [4.78, 5) is 26.9. The van der Waals surface area contributed by atoms with Gasteiger partial charge in [0.2, 0.25) is 0 Å². The lowest BCUT2D eigenvalue weighted by Gasteiger charge is -2.10. The van der Waals surface area contributed by atoms with Gasteiger partial charge in [-0.2, -0.15) is 0 Å². The van der Waals surface area contributed by atoms with Crippen LogP contribution in [0.4, 0.5) is 5.69 Å². The molecule has 1 amide bonds. The molecule has 0 radical (unpaired) electrons. The number of hydrogen-bond acceptors (Lipinski definition) is 2. The number of hydrogen-bond donors (Lipinski definition) is 2. The number of fused-ring (bicyclic) bond motifs is 1. The Morgan fingerprint density at radius 2 is 2.00 bits per heavy atom. The van der Waals surface area contributed by atoms with Crippen molar-refractivity contribution in [2.45, 2.75) is 6.92 Å². The number of aromatic amines is 1. The number of amides is 1. The van der Waals surface area contributed by atoms with Gasteiger partial charge in [-0.15, -0.1) is 5.92 Å². The number of carbonyl (C=O) groups is 1. The van der Waals surface area contributed by atoms with E-state index in [4.69, 9.17) is 11.6 Å². The predicted octanol–water partition coefficient (Wildman–Crippen LogP) is 3.81. The molecule has 0 bridgehead atoms. The van der Waals surface area contributed by atoms with Gasteiger partial charge >= 0.3 is 0 Å². The number of aromatic nitrogens is 1. The van der Waals surface area contributed by atoms with Gasteiger partial charge in [-0.05, 0) is 42.6 Å². The fraction of sp³-hybridized carbons (Fsp3) is 0.0526. The average molecular weight is 337 g/mol. The minimum absolute atomic E-state index is 0.226. The fourth-order valence-electron chi connectivity index (χ4n) is 2.42. The molecule has 0 saturated heterocycles. The van der Waals surface area contributed by atoms with Crippen molar-refractivity contribution in [1.82, 2.24) is 4.98 Å². The van der Waals surface area contributed by atoms with E-state index in [2.05, 4.69) is 22.1 Å². The van der Waals surface area contributed by atoms with Crippen molar-refractivity contribution in [3.05, 3.63) is 75.2 Å². The molecule has 0 fully saturated rings. The van der Waals surface area contributed by atoms with Crippen molar-refractivity contribution >= 4 is 34.0 Å². The zero-order chi connectivity index (χ0) is 17.1. The second kappa shape index (κ2) is 6.61. The molecular weight excluding hydrogens is 324 g/mol. The van der Waals surface area contributed by atoms with Crippen LogP contribution in [0.2, 0.25) is 5.02 Å². The second-order valence-electron chi connectivity index (χ2n) is 5.10. The summed E-state index contributed by atoms with van der Waals surface area (Å²) in [5, 5.41) is 4.25. The first-order valence-electron chi connectivity index (χ1n) is 7.24. The molecule has 2 N–H and O–H groups in total. The Labute approximate surface area is 143 Å². The summed E-state index contributed by atoms with van der Waals surface area (Å²) in [5.74, 6) is 5.39. The molecule has 2 aromatic carbocycles. The summed E-state index contributed by atoms with van der Waals surface area (Å²) in [5.41, 5.74) is 1.33. The van der Waals surface area contributed by atoms with Crippen LogP contribution in [-0.4, -0.2) is 10.9 Å². The van der Waals surface area contributed by atoms with Crippen LogP contribution in [0.3, 0.4) is 0 Å². The van der Waals surface area contributed by atoms with Gasteiger partial charge in [0.15, 0.2) is 0 Å². The third kappa shape index (κ3) is 3.03. The summed E-state index contributed by atoms with van der Waals surface area (Å²) in [6, 6.07) is 12.1. The zero-order valence-corrected chi connectivity index (χ0v) is 13.6. The quantitative estimate of drug-likeness (QED) is 0.699. The lowest BCUT2D eigenvalue weighted by Crippen LogP contribution is -2.14. The highest BCUT2D eigenvalue weighted by atomic mass is 35.5. The molecule has 0 atom stereocenters. The minimum atomic E-state index is -0.306. The summed E-state index contributed by atoms with van der Waals surface area (Å²) < 4.78 is 0. The van der Waals surface area contributed by atoms with E-state index >= 15 is 0 Å². The first kappa shape index (κ1) is 15.9. The molecule has 118 valence electrons. The number of H-pyrrole nitrogens is 1. The molecule has 0 saturated carbocycles. The summed E-state index contributed by atoms with van der Waals surface area (Å²) in [7, 11) is 0. The molecule has 4 nitrogen and oxygen atoms in total. The molecule has 24 heavy (non-hydrogen) atoms. The van der Waals surface area contributed by atoms with Gasteiger partial charge in [0.1, 0.15) is 0 Å². The number of carbonyl (C=O) groups excluding carboxylic acids is 1. The number of benzene rings is 2. The van der Waals surface area contributed by atoms with Crippen LogP contribution in [-0.2, 0) is 0 Å². The van der Waals surface area contributed by atoms with Crippen LogP contribution >= 0.6 is 11.6 Å². The highest BCUT2D eigenvalue weighted by Gasteiger charge is 2.13. The number of halogens is 1. The summed E-state index contributed by atoms with van der Waals surface area (Å²) in [6.07, 6.45) is 1.55. The Morgan fingerprint density at radius 3 is 2.79 bits per heavy atom. The molecule has 0 aliphatic heterocycles.